The maximum Gasteiger partial charge on any atom is 0.269 e. The van der Waals surface area contributed by atoms with Gasteiger partial charge >= 0.3 is 0 Å². The molecule has 0 bridgehead atoms. The predicted octanol–water partition coefficient (Wildman–Crippen LogP) is 3.82. The maximum atomic E-state index is 10.9. The van der Waals surface area contributed by atoms with E-state index >= 15 is 0 Å². The maximum absolute atomic E-state index is 10.9. The van der Waals surface area contributed by atoms with Gasteiger partial charge < -0.3 is 9.88 Å². The van der Waals surface area contributed by atoms with Crippen LogP contribution in [-0.4, -0.2) is 14.5 Å². The Bertz CT molecular complexity index is 872. The van der Waals surface area contributed by atoms with Crippen molar-refractivity contribution in [2.45, 2.75) is 33.0 Å². The van der Waals surface area contributed by atoms with Gasteiger partial charge in [0.15, 0.2) is 0 Å². The van der Waals surface area contributed by atoms with Crippen molar-refractivity contribution in [3.8, 4) is 0 Å². The minimum absolute atomic E-state index is 0.0385. The zero-order valence-corrected chi connectivity index (χ0v) is 13.8. The Balaban J connectivity index is 1.79. The second-order valence-corrected chi connectivity index (χ2v) is 5.73. The number of imidazole rings is 1. The predicted molar refractivity (Wildman–Crippen MR) is 93.8 cm³/mol. The number of non-ortho nitro benzene ring substituents is 1. The van der Waals surface area contributed by atoms with Gasteiger partial charge in [0.05, 0.1) is 22.0 Å². The van der Waals surface area contributed by atoms with E-state index in [0.717, 1.165) is 29.0 Å². The average Bonchev–Trinajstić information content (AvgIpc) is 2.98. The van der Waals surface area contributed by atoms with Crippen LogP contribution in [0.4, 0.5) is 5.69 Å². The molecule has 0 aliphatic carbocycles. The Morgan fingerprint density at radius 1 is 1.25 bits per heavy atom. The molecule has 2 aromatic carbocycles. The van der Waals surface area contributed by atoms with Crippen molar-refractivity contribution < 1.29 is 4.92 Å². The topological polar surface area (TPSA) is 73.0 Å². The fourth-order valence-electron chi connectivity index (χ4n) is 2.90. The lowest BCUT2D eigenvalue weighted by atomic mass is 10.2. The van der Waals surface area contributed by atoms with Gasteiger partial charge in [-0.25, -0.2) is 4.98 Å². The first-order chi connectivity index (χ1) is 11.6. The van der Waals surface area contributed by atoms with Crippen molar-refractivity contribution in [3.05, 3.63) is 70.0 Å². The van der Waals surface area contributed by atoms with E-state index < -0.39 is 0 Å². The Hall–Kier alpha value is -2.73. The largest absolute Gasteiger partial charge is 0.327 e. The van der Waals surface area contributed by atoms with Crippen LogP contribution in [-0.2, 0) is 13.1 Å². The van der Waals surface area contributed by atoms with E-state index in [-0.39, 0.29) is 16.7 Å². The Morgan fingerprint density at radius 2 is 2.04 bits per heavy atom. The minimum atomic E-state index is -0.372. The molecule has 0 fully saturated rings. The minimum Gasteiger partial charge on any atom is -0.327 e. The zero-order chi connectivity index (χ0) is 17.1. The number of rotatable bonds is 6. The number of hydrogen-bond donors (Lipinski definition) is 1. The molecule has 0 aliphatic heterocycles. The first-order valence-corrected chi connectivity index (χ1v) is 8.02. The van der Waals surface area contributed by atoms with Gasteiger partial charge in [-0.2, -0.15) is 0 Å². The molecular formula is C18H20N4O2. The van der Waals surface area contributed by atoms with Crippen LogP contribution in [0.15, 0.2) is 48.5 Å². The first kappa shape index (κ1) is 16.1. The van der Waals surface area contributed by atoms with Crippen LogP contribution in [0.25, 0.3) is 11.0 Å². The van der Waals surface area contributed by atoms with Gasteiger partial charge in [-0.05, 0) is 31.5 Å². The van der Waals surface area contributed by atoms with E-state index in [1.54, 1.807) is 12.1 Å². The summed E-state index contributed by atoms with van der Waals surface area (Å²) >= 11 is 0. The normalized spacial score (nSPS) is 12.4. The summed E-state index contributed by atoms with van der Waals surface area (Å²) in [7, 11) is 0. The summed E-state index contributed by atoms with van der Waals surface area (Å²) in [4.78, 5) is 15.2. The summed E-state index contributed by atoms with van der Waals surface area (Å²) in [6, 6.07) is 14.8. The molecule has 3 rings (SSSR count). The number of nitro benzene ring substituents is 1. The summed E-state index contributed by atoms with van der Waals surface area (Å²) in [5.41, 5.74) is 3.11. The van der Waals surface area contributed by atoms with Crippen molar-refractivity contribution in [2.24, 2.45) is 0 Å². The van der Waals surface area contributed by atoms with Gasteiger partial charge in [0.2, 0.25) is 0 Å². The molecule has 1 aromatic heterocycles. The summed E-state index contributed by atoms with van der Waals surface area (Å²) < 4.78 is 2.19. The molecule has 1 unspecified atom stereocenters. The number of fused-ring (bicyclic) bond motifs is 1. The number of hydrogen-bond acceptors (Lipinski definition) is 4. The number of nitro groups is 1. The van der Waals surface area contributed by atoms with Gasteiger partial charge in [-0.3, -0.25) is 10.1 Å². The molecule has 0 aliphatic rings. The number of nitrogens with zero attached hydrogens (tertiary/aromatic N) is 3. The molecule has 0 saturated carbocycles. The molecule has 124 valence electrons. The van der Waals surface area contributed by atoms with E-state index in [1.807, 2.05) is 24.3 Å². The summed E-state index contributed by atoms with van der Waals surface area (Å²) in [6.45, 7) is 5.56. The number of aryl methyl sites for hydroxylation is 1. The van der Waals surface area contributed by atoms with Crippen LogP contribution >= 0.6 is 0 Å². The second kappa shape index (κ2) is 6.80. The van der Waals surface area contributed by atoms with Crippen LogP contribution in [0, 0.1) is 10.1 Å². The Kier molecular flexibility index (Phi) is 4.57. The molecule has 1 N–H and O–H groups in total. The van der Waals surface area contributed by atoms with Crippen LogP contribution in [0.2, 0.25) is 0 Å². The number of benzene rings is 2. The van der Waals surface area contributed by atoms with Gasteiger partial charge in [0.25, 0.3) is 5.69 Å². The highest BCUT2D eigenvalue weighted by molar-refractivity contribution is 5.76. The highest BCUT2D eigenvalue weighted by Crippen LogP contribution is 2.21. The molecule has 0 saturated heterocycles. The zero-order valence-electron chi connectivity index (χ0n) is 13.8. The van der Waals surface area contributed by atoms with Gasteiger partial charge in [-0.15, -0.1) is 0 Å². The van der Waals surface area contributed by atoms with Crippen molar-refractivity contribution in [1.29, 1.82) is 0 Å². The van der Waals surface area contributed by atoms with Crippen LogP contribution in [0.5, 0.6) is 0 Å². The molecule has 0 radical (unpaired) electrons. The number of nitrogens with one attached hydrogen (secondary N) is 1. The third-order valence-electron chi connectivity index (χ3n) is 4.12. The fourth-order valence-corrected chi connectivity index (χ4v) is 2.90. The lowest BCUT2D eigenvalue weighted by Gasteiger charge is -2.15. The molecule has 1 heterocycles. The van der Waals surface area contributed by atoms with E-state index in [9.17, 15) is 10.1 Å². The van der Waals surface area contributed by atoms with E-state index in [0.29, 0.717) is 6.54 Å². The standard InChI is InChI=1S/C18H20N4O2/c1-3-21-17-10-5-4-9-16(17)20-18(21)13(2)19-12-14-7-6-8-15(11-14)22(23)24/h4-11,13,19H,3,12H2,1-2H3. The van der Waals surface area contributed by atoms with Crippen LogP contribution < -0.4 is 5.32 Å². The SMILES string of the molecule is CCn1c(C(C)NCc2cccc([N+](=O)[O-])c2)nc2ccccc21. The molecule has 0 amide bonds. The molecule has 6 nitrogen and oxygen atoms in total. The van der Waals surface area contributed by atoms with E-state index in [1.165, 1.54) is 6.07 Å². The third-order valence-corrected chi connectivity index (χ3v) is 4.12. The average molecular weight is 324 g/mol. The highest BCUT2D eigenvalue weighted by atomic mass is 16.6. The number of aromatic nitrogens is 2. The van der Waals surface area contributed by atoms with Gasteiger partial charge in [0.1, 0.15) is 5.82 Å². The summed E-state index contributed by atoms with van der Waals surface area (Å²) in [5, 5.41) is 14.3. The van der Waals surface area contributed by atoms with E-state index in [2.05, 4.69) is 29.8 Å². The van der Waals surface area contributed by atoms with Crippen LogP contribution in [0.1, 0.15) is 31.3 Å². The molecule has 6 heteroatoms. The molecule has 3 aromatic rings. The fraction of sp³-hybridized carbons (Fsp3) is 0.278. The Morgan fingerprint density at radius 3 is 2.79 bits per heavy atom. The molecule has 0 spiro atoms. The highest BCUT2D eigenvalue weighted by Gasteiger charge is 2.15. The number of para-hydroxylation sites is 2. The first-order valence-electron chi connectivity index (χ1n) is 8.02. The lowest BCUT2D eigenvalue weighted by Crippen LogP contribution is -2.21. The monoisotopic (exact) mass is 324 g/mol. The van der Waals surface area contributed by atoms with Gasteiger partial charge in [-0.1, -0.05) is 24.3 Å². The smallest absolute Gasteiger partial charge is 0.269 e. The molecule has 1 atom stereocenters. The van der Waals surface area contributed by atoms with Crippen molar-refractivity contribution in [3.63, 3.8) is 0 Å². The second-order valence-electron chi connectivity index (χ2n) is 5.73. The third kappa shape index (κ3) is 3.14. The molecular weight excluding hydrogens is 304 g/mol. The van der Waals surface area contributed by atoms with Crippen molar-refractivity contribution in [2.75, 3.05) is 0 Å². The van der Waals surface area contributed by atoms with Crippen molar-refractivity contribution in [1.82, 2.24) is 14.9 Å². The van der Waals surface area contributed by atoms with Crippen molar-refractivity contribution >= 4 is 16.7 Å². The van der Waals surface area contributed by atoms with E-state index in [4.69, 9.17) is 4.98 Å². The molecule has 24 heavy (non-hydrogen) atoms. The van der Waals surface area contributed by atoms with Crippen LogP contribution in [0.3, 0.4) is 0 Å². The quantitative estimate of drug-likeness (QED) is 0.552. The lowest BCUT2D eigenvalue weighted by molar-refractivity contribution is -0.384. The Labute approximate surface area is 140 Å². The van der Waals surface area contributed by atoms with Gasteiger partial charge in [0, 0.05) is 25.2 Å². The summed E-state index contributed by atoms with van der Waals surface area (Å²) in [5.74, 6) is 0.976. The summed E-state index contributed by atoms with van der Waals surface area (Å²) in [6.07, 6.45) is 0.